The summed E-state index contributed by atoms with van der Waals surface area (Å²) in [5.41, 5.74) is 2.49. The summed E-state index contributed by atoms with van der Waals surface area (Å²) in [7, 11) is 0. The van der Waals surface area contributed by atoms with Crippen molar-refractivity contribution in [2.45, 2.75) is 20.3 Å². The average molecular weight is 232 g/mol. The lowest BCUT2D eigenvalue weighted by atomic mass is 10.1. The lowest BCUT2D eigenvalue weighted by Crippen LogP contribution is -1.98. The molecule has 1 aromatic carbocycles. The minimum Gasteiger partial charge on any atom is -0.345 e. The molecule has 0 aliphatic rings. The van der Waals surface area contributed by atoms with Gasteiger partial charge >= 0.3 is 0 Å². The number of aromatic nitrogens is 2. The van der Waals surface area contributed by atoms with Gasteiger partial charge in [0.1, 0.15) is 17.4 Å². The van der Waals surface area contributed by atoms with Gasteiger partial charge in [-0.2, -0.15) is 0 Å². The third-order valence-electron chi connectivity index (χ3n) is 2.47. The van der Waals surface area contributed by atoms with Crippen molar-refractivity contribution in [2.24, 2.45) is 0 Å². The Labute approximate surface area is 98.7 Å². The number of aromatic amines is 1. The van der Waals surface area contributed by atoms with E-state index in [1.807, 2.05) is 6.92 Å². The van der Waals surface area contributed by atoms with Crippen molar-refractivity contribution >= 4 is 5.78 Å². The van der Waals surface area contributed by atoms with E-state index in [9.17, 15) is 9.18 Å². The SMILES string of the molecule is CC(=O)Cc1nc(-c2ccc(F)cc2)c(C)[nH]1. The molecule has 1 aromatic heterocycles. The number of aryl methyl sites for hydroxylation is 1. The molecule has 0 aliphatic carbocycles. The molecule has 0 spiro atoms. The Balaban J connectivity index is 2.35. The summed E-state index contributed by atoms with van der Waals surface area (Å²) in [6.45, 7) is 3.41. The zero-order valence-corrected chi connectivity index (χ0v) is 9.75. The molecule has 17 heavy (non-hydrogen) atoms. The maximum absolute atomic E-state index is 12.8. The largest absolute Gasteiger partial charge is 0.345 e. The van der Waals surface area contributed by atoms with Crippen LogP contribution in [0, 0.1) is 12.7 Å². The Bertz CT molecular complexity index is 543. The van der Waals surface area contributed by atoms with Crippen LogP contribution in [-0.2, 0) is 11.2 Å². The van der Waals surface area contributed by atoms with Crippen molar-refractivity contribution in [1.29, 1.82) is 0 Å². The molecular formula is C13H13FN2O. The van der Waals surface area contributed by atoms with Gasteiger partial charge in [-0.15, -0.1) is 0 Å². The van der Waals surface area contributed by atoms with Crippen LogP contribution in [0.2, 0.25) is 0 Å². The summed E-state index contributed by atoms with van der Waals surface area (Å²) < 4.78 is 12.8. The molecule has 0 fully saturated rings. The van der Waals surface area contributed by atoms with Gasteiger partial charge in [0.2, 0.25) is 0 Å². The normalized spacial score (nSPS) is 10.5. The van der Waals surface area contributed by atoms with Crippen LogP contribution in [-0.4, -0.2) is 15.8 Å². The van der Waals surface area contributed by atoms with Gasteiger partial charge < -0.3 is 4.98 Å². The minimum atomic E-state index is -0.272. The molecule has 0 amide bonds. The van der Waals surface area contributed by atoms with Crippen LogP contribution in [0.5, 0.6) is 0 Å². The summed E-state index contributed by atoms with van der Waals surface area (Å²) in [5.74, 6) is 0.435. The highest BCUT2D eigenvalue weighted by Crippen LogP contribution is 2.21. The molecular weight excluding hydrogens is 219 g/mol. The first-order valence-corrected chi connectivity index (χ1v) is 5.37. The molecule has 0 aliphatic heterocycles. The number of carbonyl (C=O) groups is 1. The number of H-pyrrole nitrogens is 1. The van der Waals surface area contributed by atoms with E-state index in [0.717, 1.165) is 17.0 Å². The van der Waals surface area contributed by atoms with Crippen LogP contribution >= 0.6 is 0 Å². The molecule has 0 saturated carbocycles. The first-order chi connectivity index (χ1) is 8.06. The highest BCUT2D eigenvalue weighted by Gasteiger charge is 2.10. The van der Waals surface area contributed by atoms with Crippen molar-refractivity contribution in [3.8, 4) is 11.3 Å². The molecule has 2 aromatic rings. The summed E-state index contributed by atoms with van der Waals surface area (Å²) in [6, 6.07) is 6.15. The smallest absolute Gasteiger partial charge is 0.137 e. The van der Waals surface area contributed by atoms with Crippen molar-refractivity contribution in [2.75, 3.05) is 0 Å². The highest BCUT2D eigenvalue weighted by atomic mass is 19.1. The molecule has 4 heteroatoms. The number of imidazole rings is 1. The lowest BCUT2D eigenvalue weighted by Gasteiger charge is -1.97. The standard InChI is InChI=1S/C13H13FN2O/c1-8(17)7-12-15-9(2)13(16-12)10-3-5-11(14)6-4-10/h3-6H,7H2,1-2H3,(H,15,16). The summed E-state index contributed by atoms with van der Waals surface area (Å²) in [5, 5.41) is 0. The van der Waals surface area contributed by atoms with E-state index in [-0.39, 0.29) is 11.6 Å². The number of benzene rings is 1. The predicted octanol–water partition coefficient (Wildman–Crippen LogP) is 2.66. The second-order valence-corrected chi connectivity index (χ2v) is 4.04. The number of nitrogens with one attached hydrogen (secondary N) is 1. The van der Waals surface area contributed by atoms with Crippen molar-refractivity contribution in [1.82, 2.24) is 9.97 Å². The van der Waals surface area contributed by atoms with Crippen molar-refractivity contribution in [3.63, 3.8) is 0 Å². The van der Waals surface area contributed by atoms with Crippen LogP contribution < -0.4 is 0 Å². The first kappa shape index (κ1) is 11.5. The molecule has 3 nitrogen and oxygen atoms in total. The fourth-order valence-electron chi connectivity index (χ4n) is 1.73. The van der Waals surface area contributed by atoms with Gasteiger partial charge in [0.15, 0.2) is 0 Å². The monoisotopic (exact) mass is 232 g/mol. The maximum atomic E-state index is 12.8. The summed E-state index contributed by atoms with van der Waals surface area (Å²) in [6.07, 6.45) is 0.294. The van der Waals surface area contributed by atoms with Crippen LogP contribution in [0.4, 0.5) is 4.39 Å². The molecule has 0 unspecified atom stereocenters. The maximum Gasteiger partial charge on any atom is 0.137 e. The van der Waals surface area contributed by atoms with Gasteiger partial charge in [0.05, 0.1) is 12.1 Å². The predicted molar refractivity (Wildman–Crippen MR) is 63.1 cm³/mol. The van der Waals surface area contributed by atoms with E-state index < -0.39 is 0 Å². The van der Waals surface area contributed by atoms with E-state index in [2.05, 4.69) is 9.97 Å². The molecule has 0 bridgehead atoms. The zero-order valence-electron chi connectivity index (χ0n) is 9.75. The lowest BCUT2D eigenvalue weighted by molar-refractivity contribution is -0.116. The molecule has 1 heterocycles. The highest BCUT2D eigenvalue weighted by molar-refractivity contribution is 5.77. The Morgan fingerprint density at radius 2 is 2.00 bits per heavy atom. The Kier molecular flexibility index (Phi) is 3.04. The topological polar surface area (TPSA) is 45.8 Å². The van der Waals surface area contributed by atoms with Crippen LogP contribution in [0.1, 0.15) is 18.4 Å². The van der Waals surface area contributed by atoms with E-state index in [1.165, 1.54) is 19.1 Å². The van der Waals surface area contributed by atoms with Crippen LogP contribution in [0.3, 0.4) is 0 Å². The third-order valence-corrected chi connectivity index (χ3v) is 2.47. The molecule has 0 atom stereocenters. The van der Waals surface area contributed by atoms with Crippen molar-refractivity contribution in [3.05, 3.63) is 41.6 Å². The average Bonchev–Trinajstić information content (AvgIpc) is 2.59. The molecule has 2 rings (SSSR count). The molecule has 88 valence electrons. The third kappa shape index (κ3) is 2.58. The number of Topliss-reactive ketones (excluding diaryl/α,β-unsaturated/α-hetero) is 1. The number of carbonyl (C=O) groups excluding carboxylic acids is 1. The summed E-state index contributed by atoms with van der Waals surface area (Å²) >= 11 is 0. The number of halogens is 1. The Morgan fingerprint density at radius 3 is 2.59 bits per heavy atom. The quantitative estimate of drug-likeness (QED) is 0.884. The van der Waals surface area contributed by atoms with Gasteiger partial charge in [-0.25, -0.2) is 9.37 Å². The summed E-state index contributed by atoms with van der Waals surface area (Å²) in [4.78, 5) is 18.4. The van der Waals surface area contributed by atoms with Crippen LogP contribution in [0.25, 0.3) is 11.3 Å². The van der Waals surface area contributed by atoms with Crippen LogP contribution in [0.15, 0.2) is 24.3 Å². The molecule has 0 radical (unpaired) electrons. The number of hydrogen-bond acceptors (Lipinski definition) is 2. The van der Waals surface area contributed by atoms with Crippen molar-refractivity contribution < 1.29 is 9.18 Å². The van der Waals surface area contributed by atoms with Gasteiger partial charge in [-0.1, -0.05) is 0 Å². The van der Waals surface area contributed by atoms with E-state index in [4.69, 9.17) is 0 Å². The van der Waals surface area contributed by atoms with Gasteiger partial charge in [-0.3, -0.25) is 4.79 Å². The fraction of sp³-hybridized carbons (Fsp3) is 0.231. The van der Waals surface area contributed by atoms with E-state index in [0.29, 0.717) is 12.2 Å². The number of nitrogens with zero attached hydrogens (tertiary/aromatic N) is 1. The molecule has 0 saturated heterocycles. The Morgan fingerprint density at radius 1 is 1.35 bits per heavy atom. The van der Waals surface area contributed by atoms with Gasteiger partial charge in [0, 0.05) is 11.3 Å². The number of hydrogen-bond donors (Lipinski definition) is 1. The van der Waals surface area contributed by atoms with E-state index in [1.54, 1.807) is 12.1 Å². The minimum absolute atomic E-state index is 0.0596. The first-order valence-electron chi connectivity index (χ1n) is 5.37. The van der Waals surface area contributed by atoms with Gasteiger partial charge in [0.25, 0.3) is 0 Å². The number of rotatable bonds is 3. The van der Waals surface area contributed by atoms with Gasteiger partial charge in [-0.05, 0) is 38.1 Å². The zero-order chi connectivity index (χ0) is 12.4. The fourth-order valence-corrected chi connectivity index (χ4v) is 1.73. The second-order valence-electron chi connectivity index (χ2n) is 4.04. The molecule has 1 N–H and O–H groups in total. The van der Waals surface area contributed by atoms with E-state index >= 15 is 0 Å². The second kappa shape index (κ2) is 4.49. The number of ketones is 1. The Hall–Kier alpha value is -1.97.